The number of amides is 2. The molecule has 0 bridgehead atoms. The molecular weight excluding hydrogens is 220 g/mol. The number of furan rings is 1. The number of methoxy groups -OCH3 is 1. The van der Waals surface area contributed by atoms with Crippen molar-refractivity contribution < 1.29 is 13.9 Å². The number of hydrogen-bond acceptors (Lipinski definition) is 3. The number of hydrogen-bond donors (Lipinski definition) is 2. The van der Waals surface area contributed by atoms with Crippen molar-refractivity contribution in [3.63, 3.8) is 0 Å². The molecule has 1 aromatic rings. The summed E-state index contributed by atoms with van der Waals surface area (Å²) in [5.41, 5.74) is 0. The van der Waals surface area contributed by atoms with Gasteiger partial charge in [-0.2, -0.15) is 0 Å². The van der Waals surface area contributed by atoms with Crippen molar-refractivity contribution in [3.8, 4) is 0 Å². The maximum atomic E-state index is 11.7. The molecule has 0 radical (unpaired) electrons. The van der Waals surface area contributed by atoms with E-state index < -0.39 is 0 Å². The second kappa shape index (κ2) is 5.23. The molecule has 0 unspecified atom stereocenters. The van der Waals surface area contributed by atoms with E-state index in [0.717, 1.165) is 6.42 Å². The number of nitrogens with one attached hydrogen (secondary N) is 2. The molecule has 5 nitrogen and oxygen atoms in total. The lowest BCUT2D eigenvalue weighted by Gasteiger charge is -2.16. The maximum absolute atomic E-state index is 11.7. The van der Waals surface area contributed by atoms with Gasteiger partial charge in [0.1, 0.15) is 11.8 Å². The van der Waals surface area contributed by atoms with Gasteiger partial charge in [0.05, 0.1) is 12.9 Å². The van der Waals surface area contributed by atoms with E-state index in [0.29, 0.717) is 24.3 Å². The Bertz CT molecular complexity index is 364. The summed E-state index contributed by atoms with van der Waals surface area (Å²) in [5.74, 6) is 1.29. The van der Waals surface area contributed by atoms with Crippen molar-refractivity contribution in [1.82, 2.24) is 10.6 Å². The van der Waals surface area contributed by atoms with Gasteiger partial charge in [0, 0.05) is 13.2 Å². The topological polar surface area (TPSA) is 63.5 Å². The van der Waals surface area contributed by atoms with Crippen LogP contribution < -0.4 is 10.6 Å². The van der Waals surface area contributed by atoms with Gasteiger partial charge in [-0.25, -0.2) is 4.79 Å². The van der Waals surface area contributed by atoms with Gasteiger partial charge < -0.3 is 19.8 Å². The van der Waals surface area contributed by atoms with Gasteiger partial charge in [-0.1, -0.05) is 6.92 Å². The van der Waals surface area contributed by atoms with Crippen molar-refractivity contribution >= 4 is 6.03 Å². The Hall–Kier alpha value is -1.49. The molecule has 5 heteroatoms. The van der Waals surface area contributed by atoms with Crippen molar-refractivity contribution in [2.75, 3.05) is 13.7 Å². The van der Waals surface area contributed by atoms with Crippen LogP contribution in [0, 0.1) is 5.92 Å². The normalized spacial score (nSPS) is 24.1. The van der Waals surface area contributed by atoms with Crippen molar-refractivity contribution in [2.45, 2.75) is 25.4 Å². The Kier molecular flexibility index (Phi) is 3.68. The summed E-state index contributed by atoms with van der Waals surface area (Å²) in [6.07, 6.45) is 2.64. The predicted octanol–water partition coefficient (Wildman–Crippen LogP) is 1.67. The van der Waals surface area contributed by atoms with E-state index >= 15 is 0 Å². The monoisotopic (exact) mass is 238 g/mol. The fourth-order valence-corrected chi connectivity index (χ4v) is 1.74. The second-order valence-corrected chi connectivity index (χ2v) is 4.46. The SMILES string of the molecule is COC[C@H](NC(=O)N[C@H]1C[C@H]1C)c1ccco1. The summed E-state index contributed by atoms with van der Waals surface area (Å²) in [6.45, 7) is 2.51. The third-order valence-electron chi connectivity index (χ3n) is 2.95. The fourth-order valence-electron chi connectivity index (χ4n) is 1.74. The fraction of sp³-hybridized carbons (Fsp3) is 0.583. The van der Waals surface area contributed by atoms with Crippen LogP contribution in [-0.4, -0.2) is 25.8 Å². The van der Waals surface area contributed by atoms with E-state index in [1.807, 2.05) is 6.07 Å². The molecule has 1 aromatic heterocycles. The summed E-state index contributed by atoms with van der Waals surface area (Å²) < 4.78 is 10.3. The number of rotatable bonds is 5. The van der Waals surface area contributed by atoms with E-state index in [4.69, 9.17) is 9.15 Å². The van der Waals surface area contributed by atoms with Crippen molar-refractivity contribution in [1.29, 1.82) is 0 Å². The van der Waals surface area contributed by atoms with Gasteiger partial charge in [0.25, 0.3) is 0 Å². The molecule has 2 N–H and O–H groups in total. The molecule has 94 valence electrons. The first kappa shape index (κ1) is 12.0. The van der Waals surface area contributed by atoms with Gasteiger partial charge in [0.15, 0.2) is 0 Å². The highest BCUT2D eigenvalue weighted by molar-refractivity contribution is 5.75. The Morgan fingerprint density at radius 3 is 3.00 bits per heavy atom. The molecule has 1 aliphatic rings. The standard InChI is InChI=1S/C12H18N2O3/c1-8-6-9(8)13-12(15)14-10(7-16-2)11-4-3-5-17-11/h3-5,8-10H,6-7H2,1-2H3,(H2,13,14,15)/t8-,9+,10+/m1/s1. The molecule has 17 heavy (non-hydrogen) atoms. The summed E-state index contributed by atoms with van der Waals surface area (Å²) in [5, 5.41) is 5.75. The number of carbonyl (C=O) groups excluding carboxylic acids is 1. The molecule has 0 saturated heterocycles. The van der Waals surface area contributed by atoms with E-state index in [1.54, 1.807) is 19.4 Å². The third-order valence-corrected chi connectivity index (χ3v) is 2.95. The van der Waals surface area contributed by atoms with Crippen LogP contribution in [0.2, 0.25) is 0 Å². The molecule has 1 heterocycles. The van der Waals surface area contributed by atoms with Gasteiger partial charge >= 0.3 is 6.03 Å². The molecular formula is C12H18N2O3. The van der Waals surface area contributed by atoms with Crippen LogP contribution in [0.1, 0.15) is 25.1 Å². The predicted molar refractivity (Wildman–Crippen MR) is 62.6 cm³/mol. The quantitative estimate of drug-likeness (QED) is 0.820. The van der Waals surface area contributed by atoms with Crippen LogP contribution in [0.15, 0.2) is 22.8 Å². The summed E-state index contributed by atoms with van der Waals surface area (Å²) in [6, 6.07) is 3.52. The Morgan fingerprint density at radius 1 is 1.71 bits per heavy atom. The number of ether oxygens (including phenoxy) is 1. The minimum Gasteiger partial charge on any atom is -0.467 e. The van der Waals surface area contributed by atoms with Crippen LogP contribution in [0.3, 0.4) is 0 Å². The lowest BCUT2D eigenvalue weighted by molar-refractivity contribution is 0.157. The lowest BCUT2D eigenvalue weighted by Crippen LogP contribution is -2.40. The zero-order valence-electron chi connectivity index (χ0n) is 10.1. The highest BCUT2D eigenvalue weighted by Crippen LogP contribution is 2.28. The number of urea groups is 1. The minimum absolute atomic E-state index is 0.169. The molecule has 0 aliphatic heterocycles. The van der Waals surface area contributed by atoms with E-state index in [9.17, 15) is 4.79 Å². The highest BCUT2D eigenvalue weighted by Gasteiger charge is 2.34. The second-order valence-electron chi connectivity index (χ2n) is 4.46. The van der Waals surface area contributed by atoms with Crippen LogP contribution in [0.25, 0.3) is 0 Å². The Morgan fingerprint density at radius 2 is 2.47 bits per heavy atom. The zero-order chi connectivity index (χ0) is 12.3. The van der Waals surface area contributed by atoms with Gasteiger partial charge in [-0.3, -0.25) is 0 Å². The van der Waals surface area contributed by atoms with E-state index in [-0.39, 0.29) is 12.1 Å². The number of carbonyl (C=O) groups is 1. The first-order valence-electron chi connectivity index (χ1n) is 5.80. The maximum Gasteiger partial charge on any atom is 0.315 e. The lowest BCUT2D eigenvalue weighted by atomic mass is 10.2. The first-order chi connectivity index (χ1) is 8.20. The largest absolute Gasteiger partial charge is 0.467 e. The highest BCUT2D eigenvalue weighted by atomic mass is 16.5. The molecule has 1 fully saturated rings. The average Bonchev–Trinajstić information content (AvgIpc) is 2.82. The van der Waals surface area contributed by atoms with Crippen molar-refractivity contribution in [2.24, 2.45) is 5.92 Å². The molecule has 0 spiro atoms. The molecule has 0 aromatic carbocycles. The molecule has 1 aliphatic carbocycles. The van der Waals surface area contributed by atoms with Crippen molar-refractivity contribution in [3.05, 3.63) is 24.2 Å². The first-order valence-corrected chi connectivity index (χ1v) is 5.80. The Balaban J connectivity index is 1.86. The van der Waals surface area contributed by atoms with Gasteiger partial charge in [-0.05, 0) is 24.5 Å². The molecule has 2 amide bonds. The molecule has 3 atom stereocenters. The van der Waals surface area contributed by atoms with Gasteiger partial charge in [-0.15, -0.1) is 0 Å². The Labute approximate surface area is 101 Å². The molecule has 1 saturated carbocycles. The minimum atomic E-state index is -0.246. The summed E-state index contributed by atoms with van der Waals surface area (Å²) in [4.78, 5) is 11.7. The van der Waals surface area contributed by atoms with E-state index in [1.165, 1.54) is 0 Å². The van der Waals surface area contributed by atoms with E-state index in [2.05, 4.69) is 17.6 Å². The third kappa shape index (κ3) is 3.23. The van der Waals surface area contributed by atoms with Crippen LogP contribution in [-0.2, 0) is 4.74 Å². The van der Waals surface area contributed by atoms with Crippen LogP contribution in [0.5, 0.6) is 0 Å². The summed E-state index contributed by atoms with van der Waals surface area (Å²) >= 11 is 0. The zero-order valence-corrected chi connectivity index (χ0v) is 10.1. The smallest absolute Gasteiger partial charge is 0.315 e. The van der Waals surface area contributed by atoms with Crippen LogP contribution in [0.4, 0.5) is 4.79 Å². The summed E-state index contributed by atoms with van der Waals surface area (Å²) in [7, 11) is 1.60. The molecule has 2 rings (SSSR count). The van der Waals surface area contributed by atoms with Gasteiger partial charge in [0.2, 0.25) is 0 Å². The van der Waals surface area contributed by atoms with Crippen LogP contribution >= 0.6 is 0 Å². The average molecular weight is 238 g/mol.